The van der Waals surface area contributed by atoms with Crippen molar-refractivity contribution >= 4 is 27.1 Å². The second-order valence-electron chi connectivity index (χ2n) is 4.17. The number of anilines is 1. The minimum absolute atomic E-state index is 0.00398. The molecule has 0 aromatic heterocycles. The molecule has 0 heterocycles. The average Bonchev–Trinajstić information content (AvgIpc) is 2.40. The Morgan fingerprint density at radius 3 is 2.63 bits per heavy atom. The lowest BCUT2D eigenvalue weighted by Gasteiger charge is -2.20. The van der Waals surface area contributed by atoms with Gasteiger partial charge in [0.05, 0.1) is 29.0 Å². The zero-order chi connectivity index (χ0) is 14.3. The van der Waals surface area contributed by atoms with E-state index >= 15 is 0 Å². The van der Waals surface area contributed by atoms with Crippen LogP contribution in [0.25, 0.3) is 0 Å². The monoisotopic (exact) mass is 305 g/mol. The Kier molecular flexibility index (Phi) is 6.62. The van der Waals surface area contributed by atoms with E-state index in [4.69, 9.17) is 16.3 Å². The normalized spacial score (nSPS) is 13.2. The van der Waals surface area contributed by atoms with E-state index in [1.807, 2.05) is 6.07 Å². The first-order chi connectivity index (χ1) is 9.05. The first-order valence-electron chi connectivity index (χ1n) is 6.18. The average molecular weight is 306 g/mol. The molecular weight excluding hydrogens is 286 g/mol. The molecule has 0 amide bonds. The summed E-state index contributed by atoms with van der Waals surface area (Å²) in [7, 11) is -1.63. The van der Waals surface area contributed by atoms with Crippen LogP contribution >= 0.6 is 11.6 Å². The van der Waals surface area contributed by atoms with Crippen molar-refractivity contribution in [1.82, 2.24) is 0 Å². The van der Waals surface area contributed by atoms with Crippen LogP contribution in [0, 0.1) is 0 Å². The van der Waals surface area contributed by atoms with E-state index < -0.39 is 9.84 Å². The predicted octanol–water partition coefficient (Wildman–Crippen LogP) is 2.54. The maximum Gasteiger partial charge on any atom is 0.180 e. The lowest BCUT2D eigenvalue weighted by atomic mass is 10.2. The molecule has 1 aromatic rings. The van der Waals surface area contributed by atoms with Gasteiger partial charge in [-0.2, -0.15) is 0 Å². The minimum Gasteiger partial charge on any atom is -0.383 e. The molecule has 0 saturated carbocycles. The Bertz CT molecular complexity index is 484. The van der Waals surface area contributed by atoms with E-state index in [-0.39, 0.29) is 11.8 Å². The Morgan fingerprint density at radius 2 is 2.05 bits per heavy atom. The molecule has 1 unspecified atom stereocenters. The third-order valence-corrected chi connectivity index (χ3v) is 4.79. The topological polar surface area (TPSA) is 55.4 Å². The Balaban J connectivity index is 3.00. The smallest absolute Gasteiger partial charge is 0.180 e. The zero-order valence-electron chi connectivity index (χ0n) is 11.2. The number of para-hydroxylation sites is 1. The van der Waals surface area contributed by atoms with E-state index in [9.17, 15) is 8.42 Å². The van der Waals surface area contributed by atoms with Gasteiger partial charge in [0.15, 0.2) is 9.84 Å². The molecule has 1 rings (SSSR count). The van der Waals surface area contributed by atoms with Crippen LogP contribution in [0.1, 0.15) is 13.3 Å². The van der Waals surface area contributed by atoms with Gasteiger partial charge in [0.25, 0.3) is 0 Å². The van der Waals surface area contributed by atoms with Crippen molar-refractivity contribution in [3.05, 3.63) is 24.3 Å². The Labute approximate surface area is 120 Å². The molecule has 6 heteroatoms. The van der Waals surface area contributed by atoms with Crippen LogP contribution in [-0.2, 0) is 14.6 Å². The molecule has 0 aliphatic carbocycles. The minimum atomic E-state index is -3.24. The van der Waals surface area contributed by atoms with Gasteiger partial charge in [0, 0.05) is 13.0 Å². The molecule has 0 spiro atoms. The molecule has 1 aromatic carbocycles. The zero-order valence-corrected chi connectivity index (χ0v) is 12.8. The summed E-state index contributed by atoms with van der Waals surface area (Å²) >= 11 is 5.74. The highest BCUT2D eigenvalue weighted by Crippen LogP contribution is 2.23. The number of halogens is 1. The molecular formula is C13H20ClNO3S. The molecule has 0 radical (unpaired) electrons. The van der Waals surface area contributed by atoms with E-state index in [2.05, 4.69) is 5.32 Å². The third kappa shape index (κ3) is 4.67. The van der Waals surface area contributed by atoms with Crippen LogP contribution in [0.3, 0.4) is 0 Å². The predicted molar refractivity (Wildman–Crippen MR) is 78.8 cm³/mol. The van der Waals surface area contributed by atoms with Gasteiger partial charge in [-0.3, -0.25) is 0 Å². The van der Waals surface area contributed by atoms with Crippen LogP contribution in [0.15, 0.2) is 29.2 Å². The standard InChI is InChI=1S/C13H20ClNO3S/c1-3-19(16,17)13-7-5-4-6-12(13)15-11(8-9-14)10-18-2/h4-7,11,15H,3,8-10H2,1-2H3. The van der Waals surface area contributed by atoms with Crippen LogP contribution in [-0.4, -0.2) is 39.8 Å². The largest absolute Gasteiger partial charge is 0.383 e. The summed E-state index contributed by atoms with van der Waals surface area (Å²) in [5.41, 5.74) is 0.608. The highest BCUT2D eigenvalue weighted by atomic mass is 35.5. The number of hydrogen-bond donors (Lipinski definition) is 1. The fraction of sp³-hybridized carbons (Fsp3) is 0.538. The molecule has 0 fully saturated rings. The quantitative estimate of drug-likeness (QED) is 0.750. The van der Waals surface area contributed by atoms with Gasteiger partial charge in [-0.25, -0.2) is 8.42 Å². The molecule has 0 aliphatic rings. The molecule has 108 valence electrons. The highest BCUT2D eigenvalue weighted by Gasteiger charge is 2.18. The molecule has 0 saturated heterocycles. The maximum absolute atomic E-state index is 12.0. The van der Waals surface area contributed by atoms with Crippen LogP contribution in [0.2, 0.25) is 0 Å². The van der Waals surface area contributed by atoms with Crippen LogP contribution in [0.5, 0.6) is 0 Å². The first-order valence-corrected chi connectivity index (χ1v) is 8.37. The lowest BCUT2D eigenvalue weighted by Crippen LogP contribution is -2.26. The second-order valence-corrected chi connectivity index (χ2v) is 6.80. The fourth-order valence-electron chi connectivity index (χ4n) is 1.76. The molecule has 0 bridgehead atoms. The molecule has 0 aliphatic heterocycles. The van der Waals surface area contributed by atoms with Gasteiger partial charge in [0.1, 0.15) is 0 Å². The number of methoxy groups -OCH3 is 1. The van der Waals surface area contributed by atoms with Crippen molar-refractivity contribution < 1.29 is 13.2 Å². The summed E-state index contributed by atoms with van der Waals surface area (Å²) < 4.78 is 29.2. The van der Waals surface area contributed by atoms with Crippen molar-refractivity contribution in [3.63, 3.8) is 0 Å². The van der Waals surface area contributed by atoms with Gasteiger partial charge in [0.2, 0.25) is 0 Å². The van der Waals surface area contributed by atoms with Crippen LogP contribution < -0.4 is 5.32 Å². The summed E-state index contributed by atoms with van der Waals surface area (Å²) in [6.07, 6.45) is 0.704. The summed E-state index contributed by atoms with van der Waals surface area (Å²) in [6, 6.07) is 6.91. The fourth-order valence-corrected chi connectivity index (χ4v) is 3.08. The number of nitrogens with one attached hydrogen (secondary N) is 1. The Morgan fingerprint density at radius 1 is 1.37 bits per heavy atom. The summed E-state index contributed by atoms with van der Waals surface area (Å²) in [4.78, 5) is 0.327. The number of sulfone groups is 1. The van der Waals surface area contributed by atoms with E-state index in [1.165, 1.54) is 0 Å². The number of benzene rings is 1. The van der Waals surface area contributed by atoms with Crippen molar-refractivity contribution in [2.45, 2.75) is 24.3 Å². The lowest BCUT2D eigenvalue weighted by molar-refractivity contribution is 0.184. The van der Waals surface area contributed by atoms with E-state index in [0.29, 0.717) is 29.5 Å². The highest BCUT2D eigenvalue weighted by molar-refractivity contribution is 7.91. The summed E-state index contributed by atoms with van der Waals surface area (Å²) in [6.45, 7) is 2.12. The number of alkyl halides is 1. The first kappa shape index (κ1) is 16.3. The van der Waals surface area contributed by atoms with E-state index in [0.717, 1.165) is 0 Å². The number of rotatable bonds is 8. The van der Waals surface area contributed by atoms with Crippen molar-refractivity contribution in [2.24, 2.45) is 0 Å². The van der Waals surface area contributed by atoms with Gasteiger partial charge in [-0.1, -0.05) is 19.1 Å². The van der Waals surface area contributed by atoms with Crippen LogP contribution in [0.4, 0.5) is 5.69 Å². The van der Waals surface area contributed by atoms with Gasteiger partial charge in [-0.05, 0) is 18.6 Å². The molecule has 19 heavy (non-hydrogen) atoms. The van der Waals surface area contributed by atoms with Gasteiger partial charge >= 0.3 is 0 Å². The van der Waals surface area contributed by atoms with E-state index in [1.54, 1.807) is 32.2 Å². The molecule has 1 atom stereocenters. The summed E-state index contributed by atoms with van der Waals surface area (Å²) in [5.74, 6) is 0.569. The van der Waals surface area contributed by atoms with Crippen molar-refractivity contribution in [3.8, 4) is 0 Å². The maximum atomic E-state index is 12.0. The molecule has 4 nitrogen and oxygen atoms in total. The molecule has 1 N–H and O–H groups in total. The second kappa shape index (κ2) is 7.72. The summed E-state index contributed by atoms with van der Waals surface area (Å²) in [5, 5.41) is 3.20. The Hall–Kier alpha value is -0.780. The van der Waals surface area contributed by atoms with Gasteiger partial charge in [-0.15, -0.1) is 11.6 Å². The third-order valence-electron chi connectivity index (χ3n) is 2.79. The van der Waals surface area contributed by atoms with Crippen molar-refractivity contribution in [2.75, 3.05) is 30.7 Å². The van der Waals surface area contributed by atoms with Gasteiger partial charge < -0.3 is 10.1 Å². The number of hydrogen-bond acceptors (Lipinski definition) is 4. The SMILES string of the molecule is CCS(=O)(=O)c1ccccc1NC(CCCl)COC. The number of ether oxygens (including phenoxy) is 1. The van der Waals surface area contributed by atoms with Crippen molar-refractivity contribution in [1.29, 1.82) is 0 Å².